The second kappa shape index (κ2) is 7.33. The number of aromatic amines is 1. The quantitative estimate of drug-likeness (QED) is 0.379. The molecule has 0 bridgehead atoms. The zero-order chi connectivity index (χ0) is 20.7. The highest BCUT2D eigenvalue weighted by atomic mass is 16.6. The van der Waals surface area contributed by atoms with Crippen molar-refractivity contribution in [2.45, 2.75) is 31.5 Å². The van der Waals surface area contributed by atoms with Gasteiger partial charge in [0.2, 0.25) is 5.95 Å². The maximum Gasteiger partial charge on any atom is 0.280 e. The lowest BCUT2D eigenvalue weighted by Crippen LogP contribution is -2.33. The van der Waals surface area contributed by atoms with Gasteiger partial charge in [-0.3, -0.25) is 14.3 Å². The molecule has 152 valence electrons. The van der Waals surface area contributed by atoms with Crippen molar-refractivity contribution in [2.75, 3.05) is 12.3 Å². The molecule has 2 aromatic heterocycles. The van der Waals surface area contributed by atoms with E-state index < -0.39 is 36.7 Å². The van der Waals surface area contributed by atoms with Crippen LogP contribution in [0.5, 0.6) is 0 Å². The molecule has 4 rings (SSSR count). The normalized spacial score (nSPS) is 24.7. The molecule has 1 saturated heterocycles. The first-order valence-electron chi connectivity index (χ1n) is 8.77. The lowest BCUT2D eigenvalue weighted by molar-refractivity contribution is -0.0503. The highest BCUT2D eigenvalue weighted by Gasteiger charge is 2.45. The zero-order valence-electron chi connectivity index (χ0n) is 15.3. The van der Waals surface area contributed by atoms with Crippen LogP contribution in [0.2, 0.25) is 0 Å². The molecular formula is C17H19N7O5. The molecule has 3 heterocycles. The number of fused-ring (bicyclic) bond motifs is 1. The number of aliphatic hydroxyl groups excluding tert-OH is 3. The van der Waals surface area contributed by atoms with Gasteiger partial charge < -0.3 is 25.8 Å². The number of aliphatic hydroxyl groups is 3. The third-order valence-corrected chi connectivity index (χ3v) is 4.61. The second-order valence-electron chi connectivity index (χ2n) is 6.67. The average molecular weight is 401 g/mol. The van der Waals surface area contributed by atoms with Crippen molar-refractivity contribution < 1.29 is 20.1 Å². The number of ether oxygens (including phenoxy) is 1. The molecule has 12 nitrogen and oxygen atoms in total. The smallest absolute Gasteiger partial charge is 0.280 e. The summed E-state index contributed by atoms with van der Waals surface area (Å²) in [6.45, 7) is 1.42. The van der Waals surface area contributed by atoms with E-state index in [0.717, 1.165) is 5.56 Å². The Kier molecular flexibility index (Phi) is 4.84. The van der Waals surface area contributed by atoms with Crippen LogP contribution in [-0.2, 0) is 4.74 Å². The number of imidazole rings is 1. The van der Waals surface area contributed by atoms with Crippen molar-refractivity contribution in [1.82, 2.24) is 19.5 Å². The molecule has 0 saturated carbocycles. The minimum atomic E-state index is -1.43. The molecule has 1 fully saturated rings. The van der Waals surface area contributed by atoms with Crippen molar-refractivity contribution in [3.63, 3.8) is 0 Å². The maximum absolute atomic E-state index is 12.2. The van der Waals surface area contributed by atoms with Crippen LogP contribution in [0.15, 0.2) is 39.3 Å². The Labute approximate surface area is 163 Å². The van der Waals surface area contributed by atoms with Gasteiger partial charge in [0.15, 0.2) is 17.4 Å². The first-order chi connectivity index (χ1) is 13.9. The van der Waals surface area contributed by atoms with Crippen molar-refractivity contribution >= 4 is 28.7 Å². The molecule has 4 atom stereocenters. The van der Waals surface area contributed by atoms with E-state index in [1.807, 2.05) is 19.1 Å². The van der Waals surface area contributed by atoms with Gasteiger partial charge >= 0.3 is 0 Å². The summed E-state index contributed by atoms with van der Waals surface area (Å²) in [5.74, 6) is -0.253. The molecule has 1 unspecified atom stereocenters. The molecule has 6 N–H and O–H groups in total. The Morgan fingerprint density at radius 3 is 2.59 bits per heavy atom. The summed E-state index contributed by atoms with van der Waals surface area (Å²) in [7, 11) is 0. The first-order valence-corrected chi connectivity index (χ1v) is 8.77. The maximum atomic E-state index is 12.2. The Bertz CT molecular complexity index is 1120. The van der Waals surface area contributed by atoms with Gasteiger partial charge in [-0.05, 0) is 19.1 Å². The van der Waals surface area contributed by atoms with E-state index in [1.54, 1.807) is 12.1 Å². The SMILES string of the molecule is Cc1ccc(/N=N\c2nc3c(=O)[nH]c(N)nc3n2[C@@H]2O[C@H](CO)[C@H](O)C2O)cc1. The van der Waals surface area contributed by atoms with Crippen LogP contribution in [0, 0.1) is 6.92 Å². The zero-order valence-corrected chi connectivity index (χ0v) is 15.3. The number of aromatic nitrogens is 4. The van der Waals surface area contributed by atoms with E-state index in [0.29, 0.717) is 5.69 Å². The Morgan fingerprint density at radius 1 is 1.21 bits per heavy atom. The van der Waals surface area contributed by atoms with E-state index in [4.69, 9.17) is 10.5 Å². The third-order valence-electron chi connectivity index (χ3n) is 4.61. The molecule has 12 heteroatoms. The number of nitrogens with one attached hydrogen (secondary N) is 1. The summed E-state index contributed by atoms with van der Waals surface area (Å²) in [5.41, 5.74) is 6.53. The van der Waals surface area contributed by atoms with Crippen molar-refractivity contribution in [1.29, 1.82) is 0 Å². The molecule has 0 spiro atoms. The van der Waals surface area contributed by atoms with Crippen molar-refractivity contribution in [2.24, 2.45) is 10.2 Å². The number of azo groups is 1. The van der Waals surface area contributed by atoms with Gasteiger partial charge in [-0.25, -0.2) is 4.98 Å². The standard InChI is InChI=1S/C17H19N7O5/c1-7-2-4-8(5-3-7)22-23-17-19-10-13(20-16(18)21-14(10)28)24(17)15-12(27)11(26)9(6-25)29-15/h2-5,9,11-12,15,25-27H,6H2,1H3,(H3,18,20,21,28)/b23-22-/t9-,11+,12?,15-/m1/s1. The van der Waals surface area contributed by atoms with Gasteiger partial charge in [-0.2, -0.15) is 4.98 Å². The summed E-state index contributed by atoms with van der Waals surface area (Å²) in [4.78, 5) is 22.8. The predicted octanol–water partition coefficient (Wildman–Crippen LogP) is 0.0371. The largest absolute Gasteiger partial charge is 0.394 e. The van der Waals surface area contributed by atoms with Crippen LogP contribution in [0.3, 0.4) is 0 Å². The average Bonchev–Trinajstić information content (AvgIpc) is 3.19. The van der Waals surface area contributed by atoms with E-state index in [1.165, 1.54) is 4.57 Å². The van der Waals surface area contributed by atoms with Crippen LogP contribution in [0.1, 0.15) is 11.8 Å². The number of H-pyrrole nitrogens is 1. The van der Waals surface area contributed by atoms with Crippen LogP contribution in [0.4, 0.5) is 17.6 Å². The molecule has 0 amide bonds. The Hall–Kier alpha value is -3.19. The molecule has 0 radical (unpaired) electrons. The van der Waals surface area contributed by atoms with Crippen molar-refractivity contribution in [3.05, 3.63) is 40.2 Å². The van der Waals surface area contributed by atoms with E-state index in [2.05, 4.69) is 25.2 Å². The topological polar surface area (TPSA) is 184 Å². The fourth-order valence-corrected chi connectivity index (χ4v) is 3.10. The number of nitrogen functional groups attached to an aromatic ring is 1. The Morgan fingerprint density at radius 2 is 1.93 bits per heavy atom. The predicted molar refractivity (Wildman–Crippen MR) is 101 cm³/mol. The fraction of sp³-hybridized carbons (Fsp3) is 0.353. The van der Waals surface area contributed by atoms with Crippen LogP contribution < -0.4 is 11.3 Å². The minimum absolute atomic E-state index is 0.000976. The minimum Gasteiger partial charge on any atom is -0.394 e. The van der Waals surface area contributed by atoms with E-state index in [-0.39, 0.29) is 23.1 Å². The number of rotatable bonds is 4. The molecule has 0 aliphatic carbocycles. The molecule has 1 aromatic carbocycles. The fourth-order valence-electron chi connectivity index (χ4n) is 3.10. The lowest BCUT2D eigenvalue weighted by Gasteiger charge is -2.17. The number of nitrogens with zero attached hydrogens (tertiary/aromatic N) is 5. The number of hydrogen-bond donors (Lipinski definition) is 5. The summed E-state index contributed by atoms with van der Waals surface area (Å²) in [6, 6.07) is 7.22. The third kappa shape index (κ3) is 3.38. The van der Waals surface area contributed by atoms with Gasteiger partial charge in [-0.15, -0.1) is 10.2 Å². The number of aryl methyl sites for hydroxylation is 1. The van der Waals surface area contributed by atoms with Gasteiger partial charge in [0, 0.05) is 0 Å². The summed E-state index contributed by atoms with van der Waals surface area (Å²) in [5, 5.41) is 38.1. The van der Waals surface area contributed by atoms with Crippen LogP contribution >= 0.6 is 0 Å². The molecular weight excluding hydrogens is 382 g/mol. The van der Waals surface area contributed by atoms with Gasteiger partial charge in [0.05, 0.1) is 12.3 Å². The van der Waals surface area contributed by atoms with Gasteiger partial charge in [0.1, 0.15) is 18.3 Å². The van der Waals surface area contributed by atoms with E-state index >= 15 is 0 Å². The summed E-state index contributed by atoms with van der Waals surface area (Å²) in [6.07, 6.45) is -5.04. The second-order valence-corrected chi connectivity index (χ2v) is 6.67. The lowest BCUT2D eigenvalue weighted by atomic mass is 10.1. The molecule has 1 aliphatic rings. The highest BCUT2D eigenvalue weighted by molar-refractivity contribution is 5.74. The number of nitrogens with two attached hydrogens (primary N) is 1. The number of anilines is 1. The highest BCUT2D eigenvalue weighted by Crippen LogP contribution is 2.35. The van der Waals surface area contributed by atoms with E-state index in [9.17, 15) is 20.1 Å². The van der Waals surface area contributed by atoms with Gasteiger partial charge in [-0.1, -0.05) is 17.7 Å². The van der Waals surface area contributed by atoms with Crippen molar-refractivity contribution in [3.8, 4) is 0 Å². The summed E-state index contributed by atoms with van der Waals surface area (Å²) < 4.78 is 6.78. The first kappa shape index (κ1) is 19.1. The number of benzene rings is 1. The molecule has 3 aromatic rings. The molecule has 29 heavy (non-hydrogen) atoms. The summed E-state index contributed by atoms with van der Waals surface area (Å²) >= 11 is 0. The molecule has 1 aliphatic heterocycles. The van der Waals surface area contributed by atoms with Crippen LogP contribution in [0.25, 0.3) is 11.2 Å². The monoisotopic (exact) mass is 401 g/mol. The van der Waals surface area contributed by atoms with Crippen LogP contribution in [-0.4, -0.2) is 59.8 Å². The van der Waals surface area contributed by atoms with Gasteiger partial charge in [0.25, 0.3) is 11.5 Å². The Balaban J connectivity index is 1.85. The number of hydrogen-bond acceptors (Lipinski definition) is 10.